The third-order valence-electron chi connectivity index (χ3n) is 3.06. The predicted octanol–water partition coefficient (Wildman–Crippen LogP) is 3.31. The number of imidazole rings is 1. The van der Waals surface area contributed by atoms with Gasteiger partial charge in [0.1, 0.15) is 0 Å². The number of hydrogen-bond donors (Lipinski definition) is 0. The Morgan fingerprint density at radius 2 is 2.21 bits per heavy atom. The Hall–Kier alpha value is -0.830. The summed E-state index contributed by atoms with van der Waals surface area (Å²) in [6.45, 7) is 2.29. The van der Waals surface area contributed by atoms with E-state index in [-0.39, 0.29) is 0 Å². The molecule has 0 aliphatic heterocycles. The van der Waals surface area contributed by atoms with Gasteiger partial charge in [0.2, 0.25) is 0 Å². The van der Waals surface area contributed by atoms with E-state index in [2.05, 4.69) is 44.5 Å². The van der Waals surface area contributed by atoms with E-state index >= 15 is 0 Å². The third-order valence-corrected chi connectivity index (χ3v) is 3.56. The highest BCUT2D eigenvalue weighted by Gasteiger charge is 2.39. The van der Waals surface area contributed by atoms with Crippen LogP contribution in [0.3, 0.4) is 0 Å². The first-order valence-corrected chi connectivity index (χ1v) is 5.61. The van der Waals surface area contributed by atoms with Crippen LogP contribution in [-0.4, -0.2) is 9.55 Å². The van der Waals surface area contributed by atoms with Crippen molar-refractivity contribution in [2.24, 2.45) is 0 Å². The minimum absolute atomic E-state index is 0.329. The molecule has 1 aromatic heterocycles. The van der Waals surface area contributed by atoms with Crippen LogP contribution in [0.4, 0.5) is 0 Å². The number of fused-ring (bicyclic) bond motifs is 1. The zero-order valence-corrected chi connectivity index (χ0v) is 9.58. The minimum Gasteiger partial charge on any atom is -0.325 e. The van der Waals surface area contributed by atoms with Crippen LogP contribution in [0.1, 0.15) is 19.8 Å². The first-order valence-electron chi connectivity index (χ1n) is 4.82. The molecular weight excluding hydrogens is 240 g/mol. The normalized spacial score (nSPS) is 18.7. The molecule has 0 saturated heterocycles. The predicted molar refractivity (Wildman–Crippen MR) is 60.3 cm³/mol. The van der Waals surface area contributed by atoms with Gasteiger partial charge in [-0.3, -0.25) is 0 Å². The minimum atomic E-state index is 0.329. The summed E-state index contributed by atoms with van der Waals surface area (Å²) in [6.07, 6.45) is 4.50. The van der Waals surface area contributed by atoms with Gasteiger partial charge < -0.3 is 4.57 Å². The first kappa shape index (κ1) is 8.48. The van der Waals surface area contributed by atoms with Gasteiger partial charge in [0.15, 0.2) is 0 Å². The largest absolute Gasteiger partial charge is 0.325 e. The zero-order valence-electron chi connectivity index (χ0n) is 8.00. The molecule has 1 aliphatic carbocycles. The van der Waals surface area contributed by atoms with Crippen LogP contribution in [0.15, 0.2) is 29.0 Å². The summed E-state index contributed by atoms with van der Waals surface area (Å²) in [5.74, 6) is 0. The van der Waals surface area contributed by atoms with Gasteiger partial charge in [-0.25, -0.2) is 4.98 Å². The molecule has 0 unspecified atom stereocenters. The monoisotopic (exact) mass is 250 g/mol. The Balaban J connectivity index is 2.29. The number of aromatic nitrogens is 2. The number of hydrogen-bond acceptors (Lipinski definition) is 1. The molecule has 0 bridgehead atoms. The van der Waals surface area contributed by atoms with Crippen molar-refractivity contribution in [1.29, 1.82) is 0 Å². The molecule has 3 rings (SSSR count). The summed E-state index contributed by atoms with van der Waals surface area (Å²) in [5, 5.41) is 0. The molecule has 2 nitrogen and oxygen atoms in total. The topological polar surface area (TPSA) is 17.8 Å². The van der Waals surface area contributed by atoms with Crippen LogP contribution >= 0.6 is 15.9 Å². The molecule has 0 spiro atoms. The Kier molecular flexibility index (Phi) is 1.57. The Morgan fingerprint density at radius 3 is 2.93 bits per heavy atom. The van der Waals surface area contributed by atoms with Crippen molar-refractivity contribution >= 4 is 27.0 Å². The van der Waals surface area contributed by atoms with Gasteiger partial charge in [-0.15, -0.1) is 0 Å². The first-order chi connectivity index (χ1) is 6.69. The maximum atomic E-state index is 4.41. The van der Waals surface area contributed by atoms with E-state index < -0.39 is 0 Å². The van der Waals surface area contributed by atoms with E-state index in [1.165, 1.54) is 18.4 Å². The lowest BCUT2D eigenvalue weighted by molar-refractivity contribution is 0.548. The summed E-state index contributed by atoms with van der Waals surface area (Å²) in [7, 11) is 0. The summed E-state index contributed by atoms with van der Waals surface area (Å²) in [6, 6.07) is 6.24. The zero-order chi connectivity index (χ0) is 9.76. The molecule has 1 fully saturated rings. The SMILES string of the molecule is CC1(n2cnc3ccc(Br)cc32)CC1. The van der Waals surface area contributed by atoms with Crippen molar-refractivity contribution in [3.8, 4) is 0 Å². The van der Waals surface area contributed by atoms with Crippen molar-refractivity contribution < 1.29 is 0 Å². The summed E-state index contributed by atoms with van der Waals surface area (Å²) < 4.78 is 3.42. The third kappa shape index (κ3) is 1.12. The lowest BCUT2D eigenvalue weighted by Crippen LogP contribution is -2.10. The van der Waals surface area contributed by atoms with Gasteiger partial charge in [0.25, 0.3) is 0 Å². The van der Waals surface area contributed by atoms with E-state index in [1.807, 2.05) is 12.4 Å². The molecule has 72 valence electrons. The molecule has 2 aromatic rings. The van der Waals surface area contributed by atoms with Crippen LogP contribution in [0.2, 0.25) is 0 Å². The highest BCUT2D eigenvalue weighted by molar-refractivity contribution is 9.10. The van der Waals surface area contributed by atoms with Crippen LogP contribution in [0, 0.1) is 0 Å². The van der Waals surface area contributed by atoms with Crippen LogP contribution in [0.25, 0.3) is 11.0 Å². The number of nitrogens with zero attached hydrogens (tertiary/aromatic N) is 2. The maximum absolute atomic E-state index is 4.41. The van der Waals surface area contributed by atoms with Crippen LogP contribution < -0.4 is 0 Å². The van der Waals surface area contributed by atoms with Gasteiger partial charge in [0, 0.05) is 10.0 Å². The Morgan fingerprint density at radius 1 is 1.43 bits per heavy atom. The van der Waals surface area contributed by atoms with Crippen LogP contribution in [0.5, 0.6) is 0 Å². The number of halogens is 1. The second-order valence-electron chi connectivity index (χ2n) is 4.24. The van der Waals surface area contributed by atoms with E-state index in [0.29, 0.717) is 5.54 Å². The lowest BCUT2D eigenvalue weighted by atomic mass is 10.2. The summed E-state index contributed by atoms with van der Waals surface area (Å²) in [5.41, 5.74) is 2.65. The fraction of sp³-hybridized carbons (Fsp3) is 0.364. The molecule has 0 amide bonds. The molecule has 1 heterocycles. The van der Waals surface area contributed by atoms with Gasteiger partial charge in [-0.2, -0.15) is 0 Å². The lowest BCUT2D eigenvalue weighted by Gasteiger charge is -2.11. The van der Waals surface area contributed by atoms with Gasteiger partial charge >= 0.3 is 0 Å². The highest BCUT2D eigenvalue weighted by Crippen LogP contribution is 2.44. The smallest absolute Gasteiger partial charge is 0.0963 e. The fourth-order valence-corrected chi connectivity index (χ4v) is 2.18. The maximum Gasteiger partial charge on any atom is 0.0963 e. The Bertz CT molecular complexity index is 497. The molecule has 1 aromatic carbocycles. The molecule has 1 aliphatic rings. The average molecular weight is 251 g/mol. The van der Waals surface area contributed by atoms with Crippen molar-refractivity contribution in [2.45, 2.75) is 25.3 Å². The molecule has 0 radical (unpaired) electrons. The average Bonchev–Trinajstić information content (AvgIpc) is 2.77. The van der Waals surface area contributed by atoms with Crippen molar-refractivity contribution in [2.75, 3.05) is 0 Å². The number of benzene rings is 1. The summed E-state index contributed by atoms with van der Waals surface area (Å²) >= 11 is 3.50. The highest BCUT2D eigenvalue weighted by atomic mass is 79.9. The molecule has 14 heavy (non-hydrogen) atoms. The van der Waals surface area contributed by atoms with E-state index in [9.17, 15) is 0 Å². The second-order valence-corrected chi connectivity index (χ2v) is 5.16. The van der Waals surface area contributed by atoms with Gasteiger partial charge in [-0.1, -0.05) is 15.9 Å². The molecular formula is C11H11BrN2. The van der Waals surface area contributed by atoms with Crippen molar-refractivity contribution in [3.05, 3.63) is 29.0 Å². The van der Waals surface area contributed by atoms with Crippen molar-refractivity contribution in [3.63, 3.8) is 0 Å². The van der Waals surface area contributed by atoms with Crippen LogP contribution in [-0.2, 0) is 5.54 Å². The Labute approximate surface area is 91.1 Å². The second kappa shape index (κ2) is 2.60. The molecule has 1 saturated carbocycles. The van der Waals surface area contributed by atoms with Gasteiger partial charge in [0.05, 0.1) is 17.4 Å². The molecule has 3 heteroatoms. The van der Waals surface area contributed by atoms with Gasteiger partial charge in [-0.05, 0) is 38.0 Å². The fourth-order valence-electron chi connectivity index (χ4n) is 1.83. The van der Waals surface area contributed by atoms with E-state index in [1.54, 1.807) is 0 Å². The van der Waals surface area contributed by atoms with E-state index in [0.717, 1.165) is 9.99 Å². The molecule has 0 atom stereocenters. The standard InChI is InChI=1S/C11H11BrN2/c1-11(4-5-11)14-7-13-9-3-2-8(12)6-10(9)14/h2-3,6-7H,4-5H2,1H3. The number of rotatable bonds is 1. The van der Waals surface area contributed by atoms with E-state index in [4.69, 9.17) is 0 Å². The van der Waals surface area contributed by atoms with Crippen molar-refractivity contribution in [1.82, 2.24) is 9.55 Å². The molecule has 0 N–H and O–H groups in total. The quantitative estimate of drug-likeness (QED) is 0.760. The summed E-state index contributed by atoms with van der Waals surface area (Å²) in [4.78, 5) is 4.41.